The molecule has 0 spiro atoms. The zero-order valence-corrected chi connectivity index (χ0v) is 16.6. The normalized spacial score (nSPS) is 13.3. The van der Waals surface area contributed by atoms with Crippen LogP contribution in [0.1, 0.15) is 62.3 Å². The molecule has 0 aliphatic heterocycles. The number of furan rings is 1. The van der Waals surface area contributed by atoms with Crippen molar-refractivity contribution >= 4 is 11.8 Å². The smallest absolute Gasteiger partial charge is 0.343 e. The second-order valence-corrected chi connectivity index (χ2v) is 7.30. The summed E-state index contributed by atoms with van der Waals surface area (Å²) >= 11 is 0. The van der Waals surface area contributed by atoms with Crippen LogP contribution in [-0.2, 0) is 4.74 Å². The zero-order valence-electron chi connectivity index (χ0n) is 16.6. The van der Waals surface area contributed by atoms with E-state index in [0.29, 0.717) is 11.6 Å². The molecule has 0 atom stereocenters. The lowest BCUT2D eigenvalue weighted by atomic mass is 10.1. The molecule has 0 radical (unpaired) electrons. The van der Waals surface area contributed by atoms with Crippen molar-refractivity contribution < 1.29 is 18.7 Å². The minimum absolute atomic E-state index is 0.0486. The molecule has 3 heterocycles. The van der Waals surface area contributed by atoms with Gasteiger partial charge in [-0.2, -0.15) is 5.26 Å². The summed E-state index contributed by atoms with van der Waals surface area (Å²) in [5, 5.41) is 9.54. The lowest BCUT2D eigenvalue weighted by Crippen LogP contribution is -2.16. The fourth-order valence-electron chi connectivity index (χ4n) is 3.77. The Kier molecular flexibility index (Phi) is 4.63. The number of nitriles is 1. The van der Waals surface area contributed by atoms with E-state index in [0.717, 1.165) is 24.2 Å². The summed E-state index contributed by atoms with van der Waals surface area (Å²) in [6.45, 7) is 5.10. The fraction of sp³-hybridized carbons (Fsp3) is 0.318. The molecule has 1 saturated carbocycles. The highest BCUT2D eigenvalue weighted by atomic mass is 16.5. The van der Waals surface area contributed by atoms with E-state index in [1.54, 1.807) is 36.0 Å². The predicted molar refractivity (Wildman–Crippen MR) is 104 cm³/mol. The molecule has 7 heteroatoms. The van der Waals surface area contributed by atoms with Crippen LogP contribution in [0.3, 0.4) is 0 Å². The molecule has 0 saturated heterocycles. The Morgan fingerprint density at radius 2 is 1.93 bits per heavy atom. The number of carbonyl (C=O) groups excluding carboxylic acids is 2. The number of ketones is 1. The van der Waals surface area contributed by atoms with Crippen LogP contribution in [0, 0.1) is 32.1 Å². The summed E-state index contributed by atoms with van der Waals surface area (Å²) < 4.78 is 14.7. The molecule has 1 fully saturated rings. The molecule has 0 unspecified atom stereocenters. The molecular formula is C22H21N3O4. The molecule has 0 aromatic carbocycles. The summed E-state index contributed by atoms with van der Waals surface area (Å²) in [6, 6.07) is 7.90. The van der Waals surface area contributed by atoms with Gasteiger partial charge in [0.2, 0.25) is 11.7 Å². The topological polar surface area (TPSA) is 90.2 Å². The monoisotopic (exact) mass is 391 g/mol. The second-order valence-electron chi connectivity index (χ2n) is 7.30. The van der Waals surface area contributed by atoms with E-state index in [1.807, 2.05) is 26.0 Å². The van der Waals surface area contributed by atoms with Gasteiger partial charge in [0.05, 0.1) is 0 Å². The summed E-state index contributed by atoms with van der Waals surface area (Å²) in [5.74, 6) is -0.481. The number of esters is 1. The highest BCUT2D eigenvalue weighted by Gasteiger charge is 2.29. The molecular weight excluding hydrogens is 370 g/mol. The Morgan fingerprint density at radius 3 is 2.55 bits per heavy atom. The van der Waals surface area contributed by atoms with Gasteiger partial charge in [0.15, 0.2) is 6.61 Å². The maximum Gasteiger partial charge on any atom is 0.343 e. The van der Waals surface area contributed by atoms with Crippen LogP contribution >= 0.6 is 0 Å². The molecule has 0 N–H and O–H groups in total. The van der Waals surface area contributed by atoms with Crippen LogP contribution in [0.4, 0.5) is 0 Å². The van der Waals surface area contributed by atoms with Crippen LogP contribution in [0.5, 0.6) is 0 Å². The number of hydrogen-bond donors (Lipinski definition) is 0. The maximum atomic E-state index is 12.7. The lowest BCUT2D eigenvalue weighted by molar-refractivity contribution is 0.0472. The third-order valence-corrected chi connectivity index (χ3v) is 5.25. The molecule has 7 nitrogen and oxygen atoms in total. The number of aryl methyl sites for hydroxylation is 2. The molecule has 1 aliphatic carbocycles. The Morgan fingerprint density at radius 1 is 1.24 bits per heavy atom. The second kappa shape index (κ2) is 7.13. The molecule has 0 amide bonds. The first kappa shape index (κ1) is 18.8. The van der Waals surface area contributed by atoms with Gasteiger partial charge in [-0.1, -0.05) is 0 Å². The van der Waals surface area contributed by atoms with Crippen molar-refractivity contribution in [1.82, 2.24) is 9.13 Å². The quantitative estimate of drug-likeness (QED) is 0.467. The number of Topliss-reactive ketones (excluding diaryl/α,β-unsaturated/α-hetero) is 1. The van der Waals surface area contributed by atoms with Crippen LogP contribution in [0.2, 0.25) is 0 Å². The van der Waals surface area contributed by atoms with E-state index in [9.17, 15) is 14.9 Å². The van der Waals surface area contributed by atoms with Crippen LogP contribution < -0.4 is 0 Å². The van der Waals surface area contributed by atoms with Gasteiger partial charge in [0, 0.05) is 35.4 Å². The van der Waals surface area contributed by atoms with Gasteiger partial charge >= 0.3 is 5.97 Å². The SMILES string of the molecule is Cc1oc(-n2cccc2)c(C#N)c1C(=O)OCC(=O)c1cc(C)n(C2CC2)c1C. The van der Waals surface area contributed by atoms with Gasteiger partial charge in [-0.25, -0.2) is 4.79 Å². The van der Waals surface area contributed by atoms with E-state index in [2.05, 4.69) is 4.57 Å². The average Bonchev–Trinajstić information content (AvgIpc) is 3.13. The summed E-state index contributed by atoms with van der Waals surface area (Å²) in [5.41, 5.74) is 2.64. The molecule has 3 aromatic rings. The molecule has 4 rings (SSSR count). The Hall–Kier alpha value is -3.53. The van der Waals surface area contributed by atoms with Crippen molar-refractivity contribution in [3.63, 3.8) is 0 Å². The van der Waals surface area contributed by atoms with Crippen LogP contribution in [0.15, 0.2) is 35.0 Å². The molecule has 3 aromatic heterocycles. The standard InChI is InChI=1S/C22H21N3O4/c1-13-10-17(14(2)25(13)16-6-7-16)19(26)12-28-22(27)20-15(3)29-21(18(20)11-23)24-8-4-5-9-24/h4-5,8-10,16H,6-7,12H2,1-3H3. The van der Waals surface area contributed by atoms with Crippen molar-refractivity contribution in [3.8, 4) is 12.0 Å². The predicted octanol–water partition coefficient (Wildman–Crippen LogP) is 4.04. The lowest BCUT2D eigenvalue weighted by Gasteiger charge is -2.08. The van der Waals surface area contributed by atoms with Crippen molar-refractivity contribution in [1.29, 1.82) is 5.26 Å². The van der Waals surface area contributed by atoms with Crippen LogP contribution in [-0.4, -0.2) is 27.5 Å². The molecule has 148 valence electrons. The minimum atomic E-state index is -0.745. The molecule has 29 heavy (non-hydrogen) atoms. The van der Waals surface area contributed by atoms with Gasteiger partial charge in [-0.05, 0) is 51.8 Å². The molecule has 0 bridgehead atoms. The Bertz CT molecular complexity index is 1140. The summed E-state index contributed by atoms with van der Waals surface area (Å²) in [6.07, 6.45) is 5.68. The van der Waals surface area contributed by atoms with E-state index in [1.165, 1.54) is 0 Å². The summed E-state index contributed by atoms with van der Waals surface area (Å²) in [4.78, 5) is 25.3. The number of aromatic nitrogens is 2. The number of rotatable bonds is 6. The van der Waals surface area contributed by atoms with Gasteiger partial charge in [-0.3, -0.25) is 9.36 Å². The highest BCUT2D eigenvalue weighted by Crippen LogP contribution is 2.38. The van der Waals surface area contributed by atoms with Gasteiger partial charge in [-0.15, -0.1) is 0 Å². The third-order valence-electron chi connectivity index (χ3n) is 5.25. The minimum Gasteiger partial charge on any atom is -0.454 e. The highest BCUT2D eigenvalue weighted by molar-refractivity contribution is 6.01. The summed E-state index contributed by atoms with van der Waals surface area (Å²) in [7, 11) is 0. The number of nitrogens with zero attached hydrogens (tertiary/aromatic N) is 3. The first-order valence-corrected chi connectivity index (χ1v) is 9.48. The van der Waals surface area contributed by atoms with E-state index in [4.69, 9.17) is 9.15 Å². The maximum absolute atomic E-state index is 12.7. The zero-order chi connectivity index (χ0) is 20.7. The van der Waals surface area contributed by atoms with E-state index >= 15 is 0 Å². The first-order chi connectivity index (χ1) is 13.9. The largest absolute Gasteiger partial charge is 0.454 e. The van der Waals surface area contributed by atoms with Gasteiger partial charge < -0.3 is 13.7 Å². The van der Waals surface area contributed by atoms with Crippen LogP contribution in [0.25, 0.3) is 5.88 Å². The number of ether oxygens (including phenoxy) is 1. The van der Waals surface area contributed by atoms with Crippen molar-refractivity contribution in [2.24, 2.45) is 0 Å². The van der Waals surface area contributed by atoms with Gasteiger partial charge in [0.1, 0.15) is 23.0 Å². The van der Waals surface area contributed by atoms with Crippen molar-refractivity contribution in [2.45, 2.75) is 39.7 Å². The Balaban J connectivity index is 1.53. The van der Waals surface area contributed by atoms with Crippen molar-refractivity contribution in [3.05, 3.63) is 64.4 Å². The van der Waals surface area contributed by atoms with E-state index < -0.39 is 5.97 Å². The average molecular weight is 391 g/mol. The fourth-order valence-corrected chi connectivity index (χ4v) is 3.77. The van der Waals surface area contributed by atoms with E-state index in [-0.39, 0.29) is 35.2 Å². The number of carbonyl (C=O) groups is 2. The first-order valence-electron chi connectivity index (χ1n) is 9.48. The number of hydrogen-bond acceptors (Lipinski definition) is 5. The molecule has 1 aliphatic rings. The third kappa shape index (κ3) is 3.27. The van der Waals surface area contributed by atoms with Crippen molar-refractivity contribution in [2.75, 3.05) is 6.61 Å². The van der Waals surface area contributed by atoms with Gasteiger partial charge in [0.25, 0.3) is 0 Å². The Labute approximate surface area is 168 Å².